The molecule has 0 bridgehead atoms. The molecule has 4 aromatic rings. The summed E-state index contributed by atoms with van der Waals surface area (Å²) in [5, 5.41) is 6.10. The lowest BCUT2D eigenvalue weighted by atomic mass is 10.0. The number of aliphatic imine (C=N–C) groups is 1. The quantitative estimate of drug-likeness (QED) is 0.413. The Labute approximate surface area is 205 Å². The standard InChI is InChI=1S/C24H25ClN8O2/c1-2-31(22-19-16(23-26-9-11-35-23)12-27-21(19)28-14-29-22)13-18-30-32-10-8-17(25)20(32)24(34)33(18)15-6-4-3-5-7-15/h3-4,8,10,12,14-15H,2,5-7,9,11,13H2,1H3,(H,27,28,29). The second kappa shape index (κ2) is 8.84. The summed E-state index contributed by atoms with van der Waals surface area (Å²) >= 11 is 6.36. The number of hydrogen-bond acceptors (Lipinski definition) is 7. The fourth-order valence-corrected chi connectivity index (χ4v) is 5.17. The molecule has 0 saturated carbocycles. The van der Waals surface area contributed by atoms with Gasteiger partial charge in [0.1, 0.15) is 29.9 Å². The van der Waals surface area contributed by atoms with Crippen LogP contribution in [0.1, 0.15) is 43.6 Å². The van der Waals surface area contributed by atoms with Crippen molar-refractivity contribution in [2.45, 2.75) is 38.8 Å². The summed E-state index contributed by atoms with van der Waals surface area (Å²) in [6.07, 6.45) is 12.0. The maximum Gasteiger partial charge on any atom is 0.279 e. The fraction of sp³-hybridized carbons (Fsp3) is 0.375. The van der Waals surface area contributed by atoms with Gasteiger partial charge in [-0.1, -0.05) is 23.8 Å². The van der Waals surface area contributed by atoms with E-state index in [1.165, 1.54) is 0 Å². The number of anilines is 1. The molecule has 2 aliphatic rings. The van der Waals surface area contributed by atoms with Gasteiger partial charge in [-0.2, -0.15) is 5.10 Å². The van der Waals surface area contributed by atoms with Gasteiger partial charge in [0.25, 0.3) is 5.56 Å². The van der Waals surface area contributed by atoms with E-state index in [4.69, 9.17) is 21.4 Å². The molecule has 1 N–H and O–H groups in total. The van der Waals surface area contributed by atoms with Crippen molar-refractivity contribution < 1.29 is 4.74 Å². The topological polar surface area (TPSA) is 106 Å². The van der Waals surface area contributed by atoms with Crippen molar-refractivity contribution in [1.29, 1.82) is 0 Å². The Hall–Kier alpha value is -3.66. The summed E-state index contributed by atoms with van der Waals surface area (Å²) in [6, 6.07) is 1.74. The number of halogens is 1. The number of ether oxygens (including phenoxy) is 1. The predicted molar refractivity (Wildman–Crippen MR) is 134 cm³/mol. The summed E-state index contributed by atoms with van der Waals surface area (Å²) in [5.41, 5.74) is 1.83. The third-order valence-corrected chi connectivity index (χ3v) is 6.93. The Kier molecular flexibility index (Phi) is 5.52. The van der Waals surface area contributed by atoms with Crippen LogP contribution in [-0.4, -0.2) is 54.7 Å². The van der Waals surface area contributed by atoms with Gasteiger partial charge in [-0.15, -0.1) is 0 Å². The van der Waals surface area contributed by atoms with Crippen molar-refractivity contribution >= 4 is 39.9 Å². The summed E-state index contributed by atoms with van der Waals surface area (Å²) in [6.45, 7) is 4.29. The highest BCUT2D eigenvalue weighted by atomic mass is 35.5. The van der Waals surface area contributed by atoms with Gasteiger partial charge in [-0.05, 0) is 32.3 Å². The largest absolute Gasteiger partial charge is 0.475 e. The molecule has 10 nitrogen and oxygen atoms in total. The average molecular weight is 493 g/mol. The molecular weight excluding hydrogens is 468 g/mol. The molecule has 1 atom stereocenters. The van der Waals surface area contributed by atoms with E-state index in [1.54, 1.807) is 23.1 Å². The lowest BCUT2D eigenvalue weighted by Gasteiger charge is -2.27. The van der Waals surface area contributed by atoms with E-state index in [2.05, 4.69) is 43.9 Å². The van der Waals surface area contributed by atoms with Gasteiger partial charge in [0.15, 0.2) is 5.82 Å². The number of aromatic nitrogens is 6. The number of H-pyrrole nitrogens is 1. The van der Waals surface area contributed by atoms with Gasteiger partial charge in [-0.3, -0.25) is 9.36 Å². The summed E-state index contributed by atoms with van der Waals surface area (Å²) in [4.78, 5) is 32.5. The number of allylic oxidation sites excluding steroid dienone is 2. The Morgan fingerprint density at radius 3 is 3.00 bits per heavy atom. The van der Waals surface area contributed by atoms with E-state index in [1.807, 2.05) is 10.8 Å². The van der Waals surface area contributed by atoms with Crippen molar-refractivity contribution in [1.82, 2.24) is 29.1 Å². The van der Waals surface area contributed by atoms with Gasteiger partial charge in [0.2, 0.25) is 5.90 Å². The lowest BCUT2D eigenvalue weighted by molar-refractivity contribution is 0.348. The van der Waals surface area contributed by atoms with Crippen molar-refractivity contribution in [3.63, 3.8) is 0 Å². The minimum Gasteiger partial charge on any atom is -0.475 e. The van der Waals surface area contributed by atoms with E-state index in [0.717, 1.165) is 36.0 Å². The molecule has 0 spiro atoms. The molecule has 5 heterocycles. The zero-order valence-electron chi connectivity index (χ0n) is 19.3. The molecule has 11 heteroatoms. The first-order chi connectivity index (χ1) is 17.2. The molecule has 35 heavy (non-hydrogen) atoms. The second-order valence-electron chi connectivity index (χ2n) is 8.66. The van der Waals surface area contributed by atoms with Crippen LogP contribution in [-0.2, 0) is 11.3 Å². The molecule has 6 rings (SSSR count). The van der Waals surface area contributed by atoms with E-state index in [9.17, 15) is 4.79 Å². The molecule has 4 aromatic heterocycles. The highest BCUT2D eigenvalue weighted by molar-refractivity contribution is 6.33. The highest BCUT2D eigenvalue weighted by Crippen LogP contribution is 2.30. The number of hydrogen-bond donors (Lipinski definition) is 1. The van der Waals surface area contributed by atoms with Crippen LogP contribution in [0.25, 0.3) is 16.6 Å². The summed E-state index contributed by atoms with van der Waals surface area (Å²) < 4.78 is 9.14. The monoisotopic (exact) mass is 492 g/mol. The van der Waals surface area contributed by atoms with Crippen molar-refractivity contribution in [3.05, 3.63) is 63.7 Å². The number of nitrogens with zero attached hydrogens (tertiary/aromatic N) is 7. The SMILES string of the molecule is CCN(Cc1nn2ccc(Cl)c2c(=O)n1C1CC=CCC1)c1ncnc2[nH]cc(C3=NCCO3)c12. The molecule has 0 radical (unpaired) electrons. The zero-order valence-corrected chi connectivity index (χ0v) is 20.1. The first kappa shape index (κ1) is 21.8. The molecule has 1 aliphatic heterocycles. The molecule has 0 fully saturated rings. The molecule has 0 amide bonds. The predicted octanol–water partition coefficient (Wildman–Crippen LogP) is 3.51. The van der Waals surface area contributed by atoms with E-state index in [-0.39, 0.29) is 11.6 Å². The Morgan fingerprint density at radius 1 is 1.31 bits per heavy atom. The van der Waals surface area contributed by atoms with Crippen LogP contribution >= 0.6 is 11.6 Å². The molecule has 0 aromatic carbocycles. The van der Waals surface area contributed by atoms with Crippen LogP contribution in [0.15, 0.2) is 46.7 Å². The van der Waals surface area contributed by atoms with Crippen LogP contribution in [0, 0.1) is 0 Å². The van der Waals surface area contributed by atoms with E-state index >= 15 is 0 Å². The van der Waals surface area contributed by atoms with Crippen molar-refractivity contribution in [2.24, 2.45) is 4.99 Å². The highest BCUT2D eigenvalue weighted by Gasteiger charge is 2.25. The molecule has 1 unspecified atom stereocenters. The second-order valence-corrected chi connectivity index (χ2v) is 9.07. The van der Waals surface area contributed by atoms with Crippen molar-refractivity contribution in [2.75, 3.05) is 24.6 Å². The summed E-state index contributed by atoms with van der Waals surface area (Å²) in [5.74, 6) is 1.99. The van der Waals surface area contributed by atoms with Crippen LogP contribution in [0.4, 0.5) is 5.82 Å². The van der Waals surface area contributed by atoms with Gasteiger partial charge < -0.3 is 14.6 Å². The van der Waals surface area contributed by atoms with Gasteiger partial charge in [0, 0.05) is 25.0 Å². The van der Waals surface area contributed by atoms with E-state index in [0.29, 0.717) is 54.1 Å². The number of rotatable bonds is 6. The molecule has 0 saturated heterocycles. The Morgan fingerprint density at radius 2 is 2.23 bits per heavy atom. The van der Waals surface area contributed by atoms with Gasteiger partial charge >= 0.3 is 0 Å². The zero-order chi connectivity index (χ0) is 23.9. The van der Waals surface area contributed by atoms with Gasteiger partial charge in [-0.25, -0.2) is 19.5 Å². The van der Waals surface area contributed by atoms with Gasteiger partial charge in [0.05, 0.1) is 29.1 Å². The smallest absolute Gasteiger partial charge is 0.279 e. The lowest BCUT2D eigenvalue weighted by Crippen LogP contribution is -2.35. The number of nitrogens with one attached hydrogen (secondary N) is 1. The first-order valence-electron chi connectivity index (χ1n) is 11.8. The molecule has 1 aliphatic carbocycles. The van der Waals surface area contributed by atoms with Crippen molar-refractivity contribution in [3.8, 4) is 0 Å². The molecule has 180 valence electrons. The Bertz CT molecular complexity index is 1530. The normalized spacial score (nSPS) is 17.8. The van der Waals surface area contributed by atoms with Crippen LogP contribution in [0.3, 0.4) is 0 Å². The minimum absolute atomic E-state index is 0.0270. The first-order valence-corrected chi connectivity index (χ1v) is 12.2. The molecular formula is C24H25ClN8O2. The average Bonchev–Trinajstić information content (AvgIpc) is 3.63. The maximum absolute atomic E-state index is 13.6. The number of fused-ring (bicyclic) bond motifs is 2. The minimum atomic E-state index is -0.120. The summed E-state index contributed by atoms with van der Waals surface area (Å²) in [7, 11) is 0. The number of aromatic amines is 1. The van der Waals surface area contributed by atoms with Crippen LogP contribution in [0.5, 0.6) is 0 Å². The van der Waals surface area contributed by atoms with E-state index < -0.39 is 0 Å². The third kappa shape index (κ3) is 3.68. The van der Waals surface area contributed by atoms with Crippen LogP contribution < -0.4 is 10.5 Å². The third-order valence-electron chi connectivity index (χ3n) is 6.63. The maximum atomic E-state index is 13.6. The fourth-order valence-electron chi connectivity index (χ4n) is 4.94. The van der Waals surface area contributed by atoms with Crippen LogP contribution in [0.2, 0.25) is 5.02 Å². The Balaban J connectivity index is 1.48.